The average Bonchev–Trinajstić information content (AvgIpc) is 2.72. The Hall–Kier alpha value is -3.40. The SMILES string of the molecule is Cc1ccccc1CN(C)C(=O)Cn1c2ccccc2c(=O)c2ccccc21. The van der Waals surface area contributed by atoms with E-state index in [4.69, 9.17) is 0 Å². The van der Waals surface area contributed by atoms with Crippen LogP contribution >= 0.6 is 0 Å². The number of carbonyl (C=O) groups is 1. The van der Waals surface area contributed by atoms with Crippen molar-refractivity contribution < 1.29 is 4.79 Å². The van der Waals surface area contributed by atoms with Crippen molar-refractivity contribution >= 4 is 27.7 Å². The van der Waals surface area contributed by atoms with Gasteiger partial charge >= 0.3 is 0 Å². The van der Waals surface area contributed by atoms with Crippen LogP contribution in [0.3, 0.4) is 0 Å². The van der Waals surface area contributed by atoms with Crippen LogP contribution in [0.25, 0.3) is 21.8 Å². The Balaban J connectivity index is 1.74. The number of benzene rings is 3. The van der Waals surface area contributed by atoms with E-state index in [0.717, 1.165) is 16.6 Å². The van der Waals surface area contributed by atoms with Crippen molar-refractivity contribution in [2.75, 3.05) is 7.05 Å². The summed E-state index contributed by atoms with van der Waals surface area (Å²) >= 11 is 0. The fourth-order valence-corrected chi connectivity index (χ4v) is 3.63. The van der Waals surface area contributed by atoms with E-state index in [2.05, 4.69) is 13.0 Å². The van der Waals surface area contributed by atoms with Gasteiger partial charge < -0.3 is 9.47 Å². The lowest BCUT2D eigenvalue weighted by atomic mass is 10.1. The molecule has 0 aliphatic rings. The number of aromatic nitrogens is 1. The first-order chi connectivity index (χ1) is 13.6. The summed E-state index contributed by atoms with van der Waals surface area (Å²) in [7, 11) is 1.82. The summed E-state index contributed by atoms with van der Waals surface area (Å²) in [5.74, 6) is 0.00204. The number of fused-ring (bicyclic) bond motifs is 2. The van der Waals surface area contributed by atoms with Gasteiger partial charge in [-0.2, -0.15) is 0 Å². The smallest absolute Gasteiger partial charge is 0.242 e. The molecule has 0 fully saturated rings. The molecule has 4 aromatic rings. The normalized spacial score (nSPS) is 11.1. The Kier molecular flexibility index (Phi) is 4.70. The van der Waals surface area contributed by atoms with Gasteiger partial charge in [-0.15, -0.1) is 0 Å². The number of hydrogen-bond acceptors (Lipinski definition) is 2. The maximum Gasteiger partial charge on any atom is 0.242 e. The third-order valence-corrected chi connectivity index (χ3v) is 5.27. The molecule has 0 aliphatic heterocycles. The lowest BCUT2D eigenvalue weighted by molar-refractivity contribution is -0.130. The third kappa shape index (κ3) is 3.18. The number of rotatable bonds is 4. The first-order valence-corrected chi connectivity index (χ1v) is 9.35. The van der Waals surface area contributed by atoms with Gasteiger partial charge in [-0.3, -0.25) is 9.59 Å². The number of pyridine rings is 1. The number of nitrogens with zero attached hydrogens (tertiary/aromatic N) is 2. The molecule has 0 unspecified atom stereocenters. The summed E-state index contributed by atoms with van der Waals surface area (Å²) in [6.45, 7) is 2.79. The van der Waals surface area contributed by atoms with Crippen molar-refractivity contribution in [3.05, 3.63) is 94.1 Å². The molecule has 140 valence electrons. The van der Waals surface area contributed by atoms with Crippen LogP contribution in [0.4, 0.5) is 0 Å². The zero-order valence-corrected chi connectivity index (χ0v) is 16.1. The van der Waals surface area contributed by atoms with E-state index in [-0.39, 0.29) is 17.9 Å². The van der Waals surface area contributed by atoms with E-state index >= 15 is 0 Å². The minimum atomic E-state index is 0.00204. The first kappa shape index (κ1) is 18.0. The number of amides is 1. The lowest BCUT2D eigenvalue weighted by Gasteiger charge is -2.21. The van der Waals surface area contributed by atoms with E-state index < -0.39 is 0 Å². The van der Waals surface area contributed by atoms with Crippen LogP contribution in [0.2, 0.25) is 0 Å². The van der Waals surface area contributed by atoms with Gasteiger partial charge in [0.2, 0.25) is 5.91 Å². The van der Waals surface area contributed by atoms with Gasteiger partial charge in [0.05, 0.1) is 11.0 Å². The van der Waals surface area contributed by atoms with E-state index in [9.17, 15) is 9.59 Å². The summed E-state index contributed by atoms with van der Waals surface area (Å²) in [5, 5.41) is 1.27. The van der Waals surface area contributed by atoms with E-state index in [1.807, 2.05) is 78.3 Å². The number of aryl methyl sites for hydroxylation is 1. The zero-order chi connectivity index (χ0) is 19.7. The summed E-state index contributed by atoms with van der Waals surface area (Å²) in [6, 6.07) is 23.0. The van der Waals surface area contributed by atoms with E-state index in [1.54, 1.807) is 4.90 Å². The van der Waals surface area contributed by atoms with E-state index in [1.165, 1.54) is 5.56 Å². The third-order valence-electron chi connectivity index (χ3n) is 5.27. The van der Waals surface area contributed by atoms with Gasteiger partial charge in [0.1, 0.15) is 6.54 Å². The number of carbonyl (C=O) groups excluding carboxylic acids is 1. The molecular formula is C24H22N2O2. The van der Waals surface area contributed by atoms with Crippen LogP contribution in [0, 0.1) is 6.92 Å². The van der Waals surface area contributed by atoms with Gasteiger partial charge in [-0.05, 0) is 42.3 Å². The Labute approximate surface area is 163 Å². The first-order valence-electron chi connectivity index (χ1n) is 9.35. The summed E-state index contributed by atoms with van der Waals surface area (Å²) < 4.78 is 1.95. The number of para-hydroxylation sites is 2. The molecule has 0 aliphatic carbocycles. The fourth-order valence-electron chi connectivity index (χ4n) is 3.63. The average molecular weight is 370 g/mol. The van der Waals surface area contributed by atoms with Crippen LogP contribution in [0.15, 0.2) is 77.6 Å². The van der Waals surface area contributed by atoms with Crippen molar-refractivity contribution in [1.82, 2.24) is 9.47 Å². The quantitative estimate of drug-likeness (QED) is 0.507. The maximum atomic E-state index is 13.0. The highest BCUT2D eigenvalue weighted by molar-refractivity contribution is 5.94. The second-order valence-corrected chi connectivity index (χ2v) is 7.13. The fraction of sp³-hybridized carbons (Fsp3) is 0.167. The largest absolute Gasteiger partial charge is 0.340 e. The molecule has 4 nitrogen and oxygen atoms in total. The van der Waals surface area contributed by atoms with Gasteiger partial charge in [-0.25, -0.2) is 0 Å². The lowest BCUT2D eigenvalue weighted by Crippen LogP contribution is -2.30. The number of hydrogen-bond donors (Lipinski definition) is 0. The number of likely N-dealkylation sites (N-methyl/N-ethyl adjacent to an activating group) is 1. The molecule has 0 radical (unpaired) electrons. The highest BCUT2D eigenvalue weighted by Crippen LogP contribution is 2.19. The molecule has 1 aromatic heterocycles. The van der Waals surface area contributed by atoms with Crippen LogP contribution < -0.4 is 5.43 Å². The Morgan fingerprint density at radius 1 is 0.857 bits per heavy atom. The van der Waals surface area contributed by atoms with E-state index in [0.29, 0.717) is 17.3 Å². The summed E-state index contributed by atoms with van der Waals surface area (Å²) in [5.41, 5.74) is 3.87. The summed E-state index contributed by atoms with van der Waals surface area (Å²) in [6.07, 6.45) is 0. The van der Waals surface area contributed by atoms with Gasteiger partial charge in [0.15, 0.2) is 5.43 Å². The van der Waals surface area contributed by atoms with Crippen LogP contribution in [-0.4, -0.2) is 22.4 Å². The Bertz CT molecular complexity index is 1180. The molecule has 4 rings (SSSR count). The van der Waals surface area contributed by atoms with Crippen LogP contribution in [-0.2, 0) is 17.9 Å². The highest BCUT2D eigenvalue weighted by Gasteiger charge is 2.15. The van der Waals surface area contributed by atoms with Gasteiger partial charge in [-0.1, -0.05) is 48.5 Å². The monoisotopic (exact) mass is 370 g/mol. The van der Waals surface area contributed by atoms with Crippen molar-refractivity contribution in [3.63, 3.8) is 0 Å². The molecule has 0 N–H and O–H groups in total. The van der Waals surface area contributed by atoms with Crippen LogP contribution in [0.5, 0.6) is 0 Å². The highest BCUT2D eigenvalue weighted by atomic mass is 16.2. The topological polar surface area (TPSA) is 42.3 Å². The van der Waals surface area contributed by atoms with Gasteiger partial charge in [0.25, 0.3) is 0 Å². The predicted octanol–water partition coefficient (Wildman–Crippen LogP) is 4.12. The molecule has 0 atom stereocenters. The Morgan fingerprint density at radius 3 is 2.00 bits per heavy atom. The van der Waals surface area contributed by atoms with Crippen molar-refractivity contribution in [1.29, 1.82) is 0 Å². The molecule has 0 saturated heterocycles. The molecule has 1 heterocycles. The molecule has 0 saturated carbocycles. The second kappa shape index (κ2) is 7.31. The zero-order valence-electron chi connectivity index (χ0n) is 16.1. The van der Waals surface area contributed by atoms with Gasteiger partial charge in [0, 0.05) is 24.4 Å². The summed E-state index contributed by atoms with van der Waals surface area (Å²) in [4.78, 5) is 27.6. The maximum absolute atomic E-state index is 13.0. The molecule has 0 spiro atoms. The molecule has 4 heteroatoms. The minimum absolute atomic E-state index is 0.00204. The van der Waals surface area contributed by atoms with Crippen molar-refractivity contribution in [2.24, 2.45) is 0 Å². The molecule has 0 bridgehead atoms. The minimum Gasteiger partial charge on any atom is -0.340 e. The molecule has 1 amide bonds. The van der Waals surface area contributed by atoms with Crippen LogP contribution in [0.1, 0.15) is 11.1 Å². The van der Waals surface area contributed by atoms with Crippen molar-refractivity contribution in [3.8, 4) is 0 Å². The second-order valence-electron chi connectivity index (χ2n) is 7.13. The Morgan fingerprint density at radius 2 is 1.39 bits per heavy atom. The molecular weight excluding hydrogens is 348 g/mol. The molecule has 28 heavy (non-hydrogen) atoms. The molecule has 3 aromatic carbocycles. The predicted molar refractivity (Wildman–Crippen MR) is 113 cm³/mol. The standard InChI is InChI=1S/C24H22N2O2/c1-17-9-3-4-10-18(17)15-25(2)23(27)16-26-21-13-7-5-11-19(21)24(28)20-12-6-8-14-22(20)26/h3-14H,15-16H2,1-2H3. The van der Waals surface area contributed by atoms with Crippen molar-refractivity contribution in [2.45, 2.75) is 20.0 Å².